The number of hydrogen-bond acceptors (Lipinski definition) is 3. The number of amides is 1. The molecule has 21 heavy (non-hydrogen) atoms. The summed E-state index contributed by atoms with van der Waals surface area (Å²) in [6, 6.07) is 1.63. The van der Waals surface area contributed by atoms with Crippen molar-refractivity contribution in [1.29, 1.82) is 0 Å². The molecular formula is C16H22FN3O. The lowest BCUT2D eigenvalue weighted by Gasteiger charge is -2.44. The minimum atomic E-state index is -0.463. The van der Waals surface area contributed by atoms with Crippen LogP contribution in [-0.4, -0.2) is 35.4 Å². The first-order valence-electron chi connectivity index (χ1n) is 7.85. The Balaban J connectivity index is 1.88. The predicted molar refractivity (Wildman–Crippen MR) is 79.8 cm³/mol. The quantitative estimate of drug-likeness (QED) is 0.911. The van der Waals surface area contributed by atoms with Crippen molar-refractivity contribution in [3.63, 3.8) is 0 Å². The van der Waals surface area contributed by atoms with Gasteiger partial charge in [-0.15, -0.1) is 0 Å². The molecule has 1 saturated heterocycles. The smallest absolute Gasteiger partial charge is 0.257 e. The first-order valence-corrected chi connectivity index (χ1v) is 7.85. The van der Waals surface area contributed by atoms with Gasteiger partial charge in [-0.05, 0) is 37.7 Å². The van der Waals surface area contributed by atoms with E-state index in [0.29, 0.717) is 23.3 Å². The second-order valence-electron chi connectivity index (χ2n) is 6.05. The summed E-state index contributed by atoms with van der Waals surface area (Å²) in [7, 11) is 1.70. The lowest BCUT2D eigenvalue weighted by atomic mass is 9.78. The minimum Gasteiger partial charge on any atom is -0.372 e. The van der Waals surface area contributed by atoms with E-state index in [4.69, 9.17) is 0 Å². The van der Waals surface area contributed by atoms with Gasteiger partial charge in [0.15, 0.2) is 0 Å². The molecule has 1 aliphatic heterocycles. The van der Waals surface area contributed by atoms with E-state index >= 15 is 0 Å². The largest absolute Gasteiger partial charge is 0.372 e. The van der Waals surface area contributed by atoms with Crippen LogP contribution in [0.3, 0.4) is 0 Å². The van der Waals surface area contributed by atoms with Crippen LogP contribution in [0.4, 0.5) is 10.2 Å². The Morgan fingerprint density at radius 1 is 1.33 bits per heavy atom. The highest BCUT2D eigenvalue weighted by atomic mass is 19.1. The van der Waals surface area contributed by atoms with Crippen LogP contribution in [0, 0.1) is 11.7 Å². The molecule has 2 heterocycles. The number of hydrogen-bond donors (Lipinski definition) is 1. The van der Waals surface area contributed by atoms with Crippen molar-refractivity contribution in [2.24, 2.45) is 5.92 Å². The summed E-state index contributed by atoms with van der Waals surface area (Å²) in [5.74, 6) is 0.535. The molecule has 0 spiro atoms. The zero-order valence-corrected chi connectivity index (χ0v) is 12.4. The van der Waals surface area contributed by atoms with E-state index in [0.717, 1.165) is 25.6 Å². The van der Waals surface area contributed by atoms with E-state index in [1.807, 2.05) is 4.90 Å². The first-order chi connectivity index (χ1) is 10.2. The topological polar surface area (TPSA) is 45.2 Å². The number of fused-ring (bicyclic) bond motifs is 1. The Bertz CT molecular complexity index is 532. The van der Waals surface area contributed by atoms with E-state index in [-0.39, 0.29) is 5.91 Å². The first kappa shape index (κ1) is 14.3. The summed E-state index contributed by atoms with van der Waals surface area (Å²) in [5.41, 5.74) is 0.351. The number of nitrogens with zero attached hydrogens (tertiary/aromatic N) is 2. The molecule has 0 aromatic carbocycles. The number of anilines is 1. The summed E-state index contributed by atoms with van der Waals surface area (Å²) >= 11 is 0. The van der Waals surface area contributed by atoms with Crippen molar-refractivity contribution in [2.45, 2.75) is 44.6 Å². The molecule has 2 aliphatic rings. The van der Waals surface area contributed by atoms with Gasteiger partial charge in [0.1, 0.15) is 11.6 Å². The SMILES string of the molecule is CNc1ncc(F)cc1C(=O)N1CCCC2CCCCC21. The lowest BCUT2D eigenvalue weighted by Crippen LogP contribution is -2.49. The van der Waals surface area contributed by atoms with E-state index in [2.05, 4.69) is 10.3 Å². The van der Waals surface area contributed by atoms with Crippen LogP contribution in [0.1, 0.15) is 48.9 Å². The van der Waals surface area contributed by atoms with Crippen LogP contribution in [0.2, 0.25) is 0 Å². The van der Waals surface area contributed by atoms with Gasteiger partial charge >= 0.3 is 0 Å². The Labute approximate surface area is 124 Å². The highest BCUT2D eigenvalue weighted by Crippen LogP contribution is 2.36. The highest BCUT2D eigenvalue weighted by molar-refractivity contribution is 5.99. The van der Waals surface area contributed by atoms with Crippen molar-refractivity contribution in [2.75, 3.05) is 18.9 Å². The number of carbonyl (C=O) groups excluding carboxylic acids is 1. The number of rotatable bonds is 2. The molecule has 0 radical (unpaired) electrons. The molecule has 2 fully saturated rings. The fourth-order valence-electron chi connectivity index (χ4n) is 3.83. The molecular weight excluding hydrogens is 269 g/mol. The van der Waals surface area contributed by atoms with Gasteiger partial charge in [0.2, 0.25) is 0 Å². The van der Waals surface area contributed by atoms with Gasteiger partial charge in [-0.2, -0.15) is 0 Å². The predicted octanol–water partition coefficient (Wildman–Crippen LogP) is 3.06. The van der Waals surface area contributed by atoms with Crippen molar-refractivity contribution in [1.82, 2.24) is 9.88 Å². The van der Waals surface area contributed by atoms with E-state index in [1.165, 1.54) is 31.7 Å². The number of piperidine rings is 1. The molecule has 1 N–H and O–H groups in total. The third kappa shape index (κ3) is 2.74. The highest BCUT2D eigenvalue weighted by Gasteiger charge is 2.36. The minimum absolute atomic E-state index is 0.0806. The number of carbonyl (C=O) groups is 1. The van der Waals surface area contributed by atoms with Crippen LogP contribution in [0.15, 0.2) is 12.3 Å². The van der Waals surface area contributed by atoms with Crippen LogP contribution < -0.4 is 5.32 Å². The number of pyridine rings is 1. The van der Waals surface area contributed by atoms with Crippen LogP contribution in [0.5, 0.6) is 0 Å². The summed E-state index contributed by atoms with van der Waals surface area (Å²) in [4.78, 5) is 18.8. The van der Waals surface area contributed by atoms with Crippen molar-refractivity contribution < 1.29 is 9.18 Å². The average molecular weight is 291 g/mol. The maximum absolute atomic E-state index is 13.5. The average Bonchev–Trinajstić information content (AvgIpc) is 2.53. The summed E-state index contributed by atoms with van der Waals surface area (Å²) in [5, 5.41) is 2.89. The normalized spacial score (nSPS) is 25.3. The second kappa shape index (κ2) is 6.00. The molecule has 3 rings (SSSR count). The summed E-state index contributed by atoms with van der Waals surface area (Å²) in [6.07, 6.45) is 8.15. The molecule has 4 nitrogen and oxygen atoms in total. The Morgan fingerprint density at radius 3 is 2.90 bits per heavy atom. The van der Waals surface area contributed by atoms with Gasteiger partial charge in [-0.1, -0.05) is 12.8 Å². The van der Waals surface area contributed by atoms with Gasteiger partial charge in [-0.3, -0.25) is 4.79 Å². The standard InChI is InChI=1S/C16H22FN3O/c1-18-15-13(9-12(17)10-19-15)16(21)20-8-4-6-11-5-2-3-7-14(11)20/h9-11,14H,2-8H2,1H3,(H,18,19). The Kier molecular flexibility index (Phi) is 4.08. The number of halogens is 1. The fourth-order valence-corrected chi connectivity index (χ4v) is 3.83. The van der Waals surface area contributed by atoms with Crippen LogP contribution in [-0.2, 0) is 0 Å². The number of likely N-dealkylation sites (tertiary alicyclic amines) is 1. The van der Waals surface area contributed by atoms with Gasteiger partial charge < -0.3 is 10.2 Å². The molecule has 114 valence electrons. The van der Waals surface area contributed by atoms with Gasteiger partial charge in [0.05, 0.1) is 11.8 Å². The van der Waals surface area contributed by atoms with Crippen molar-refractivity contribution >= 4 is 11.7 Å². The second-order valence-corrected chi connectivity index (χ2v) is 6.05. The third-order valence-electron chi connectivity index (χ3n) is 4.83. The summed E-state index contributed by atoms with van der Waals surface area (Å²) in [6.45, 7) is 0.777. The molecule has 5 heteroatoms. The van der Waals surface area contributed by atoms with Gasteiger partial charge in [0, 0.05) is 19.6 Å². The Morgan fingerprint density at radius 2 is 2.10 bits per heavy atom. The maximum Gasteiger partial charge on any atom is 0.257 e. The van der Waals surface area contributed by atoms with Gasteiger partial charge in [0.25, 0.3) is 5.91 Å². The lowest BCUT2D eigenvalue weighted by molar-refractivity contribution is 0.0391. The molecule has 1 aliphatic carbocycles. The Hall–Kier alpha value is -1.65. The molecule has 1 saturated carbocycles. The zero-order chi connectivity index (χ0) is 14.8. The van der Waals surface area contributed by atoms with Gasteiger partial charge in [-0.25, -0.2) is 9.37 Å². The number of aromatic nitrogens is 1. The molecule has 0 bridgehead atoms. The summed E-state index contributed by atoms with van der Waals surface area (Å²) < 4.78 is 13.5. The monoisotopic (exact) mass is 291 g/mol. The molecule has 1 aromatic rings. The molecule has 2 unspecified atom stereocenters. The zero-order valence-electron chi connectivity index (χ0n) is 12.4. The van der Waals surface area contributed by atoms with Crippen LogP contribution >= 0.6 is 0 Å². The molecule has 2 atom stereocenters. The van der Waals surface area contributed by atoms with Crippen LogP contribution in [0.25, 0.3) is 0 Å². The van der Waals surface area contributed by atoms with E-state index in [1.54, 1.807) is 7.05 Å². The third-order valence-corrected chi connectivity index (χ3v) is 4.83. The number of nitrogens with one attached hydrogen (secondary N) is 1. The fraction of sp³-hybridized carbons (Fsp3) is 0.625. The van der Waals surface area contributed by atoms with Crippen molar-refractivity contribution in [3.8, 4) is 0 Å². The maximum atomic E-state index is 13.5. The molecule has 1 aromatic heterocycles. The van der Waals surface area contributed by atoms with Crippen molar-refractivity contribution in [3.05, 3.63) is 23.6 Å². The van der Waals surface area contributed by atoms with E-state index in [9.17, 15) is 9.18 Å². The van der Waals surface area contributed by atoms with E-state index < -0.39 is 5.82 Å². The molecule has 1 amide bonds.